The van der Waals surface area contributed by atoms with Crippen molar-refractivity contribution in [2.75, 3.05) is 76.1 Å². The lowest BCUT2D eigenvalue weighted by Gasteiger charge is -2.37. The highest BCUT2D eigenvalue weighted by Gasteiger charge is 2.33. The Bertz CT molecular complexity index is 1360. The number of rotatable bonds is 8. The van der Waals surface area contributed by atoms with Gasteiger partial charge in [-0.25, -0.2) is 9.59 Å². The Hall–Kier alpha value is -4.36. The second kappa shape index (κ2) is 17.2. The number of nitrogens with two attached hydrogens (primary N) is 2. The van der Waals surface area contributed by atoms with Crippen molar-refractivity contribution in [3.05, 3.63) is 48.5 Å². The van der Waals surface area contributed by atoms with E-state index in [9.17, 15) is 19.2 Å². The Morgan fingerprint density at radius 2 is 0.824 bits per heavy atom. The summed E-state index contributed by atoms with van der Waals surface area (Å²) in [6.45, 7) is 5.61. The molecule has 2 aromatic carbocycles. The van der Waals surface area contributed by atoms with Gasteiger partial charge in [-0.1, -0.05) is 0 Å². The quantitative estimate of drug-likeness (QED) is 0.317. The van der Waals surface area contributed by atoms with E-state index < -0.39 is 0 Å². The summed E-state index contributed by atoms with van der Waals surface area (Å²) in [5.74, 6) is 2.90. The van der Waals surface area contributed by atoms with Crippen molar-refractivity contribution in [2.24, 2.45) is 35.1 Å². The maximum Gasteiger partial charge on any atom is 0.321 e. The van der Waals surface area contributed by atoms with Gasteiger partial charge in [0, 0.05) is 75.6 Å². The molecule has 13 nitrogen and oxygen atoms in total. The van der Waals surface area contributed by atoms with Crippen LogP contribution in [0.25, 0.3) is 0 Å². The topological polar surface area (TPSA) is 167 Å². The lowest BCUT2D eigenvalue weighted by molar-refractivity contribution is -0.139. The predicted molar refractivity (Wildman–Crippen MR) is 196 cm³/mol. The van der Waals surface area contributed by atoms with Crippen LogP contribution in [0, 0.1) is 23.7 Å². The molecule has 2 aliphatic carbocycles. The Labute approximate surface area is 301 Å². The largest absolute Gasteiger partial charge is 0.457 e. The maximum absolute atomic E-state index is 13.0. The molecule has 2 saturated heterocycles. The molecule has 13 heteroatoms. The van der Waals surface area contributed by atoms with Crippen LogP contribution in [0.3, 0.4) is 0 Å². The number of nitrogens with one attached hydrogen (secondary N) is 2. The molecule has 276 valence electrons. The van der Waals surface area contributed by atoms with Crippen molar-refractivity contribution in [3.8, 4) is 11.5 Å². The molecule has 2 heterocycles. The molecular formula is C38H54N8O5. The van der Waals surface area contributed by atoms with E-state index in [1.54, 1.807) is 58.3 Å². The van der Waals surface area contributed by atoms with Crippen LogP contribution >= 0.6 is 0 Å². The van der Waals surface area contributed by atoms with Crippen LogP contribution in [0.2, 0.25) is 0 Å². The summed E-state index contributed by atoms with van der Waals surface area (Å²) in [7, 11) is 0. The van der Waals surface area contributed by atoms with E-state index >= 15 is 0 Å². The van der Waals surface area contributed by atoms with E-state index in [1.165, 1.54) is 0 Å². The number of hydrogen-bond donors (Lipinski definition) is 4. The average Bonchev–Trinajstić information content (AvgIpc) is 3.19. The van der Waals surface area contributed by atoms with E-state index in [0.29, 0.717) is 100 Å². The Morgan fingerprint density at radius 1 is 0.510 bits per heavy atom. The van der Waals surface area contributed by atoms with Gasteiger partial charge in [-0.3, -0.25) is 9.59 Å². The monoisotopic (exact) mass is 702 g/mol. The molecule has 0 atom stereocenters. The van der Waals surface area contributed by atoms with Gasteiger partial charge in [0.05, 0.1) is 0 Å². The average molecular weight is 703 g/mol. The third kappa shape index (κ3) is 9.50. The first kappa shape index (κ1) is 36.4. The van der Waals surface area contributed by atoms with Crippen LogP contribution in [0.4, 0.5) is 21.0 Å². The molecule has 2 aliphatic heterocycles. The van der Waals surface area contributed by atoms with Gasteiger partial charge in [-0.15, -0.1) is 0 Å². The molecule has 0 aromatic heterocycles. The number of nitrogens with zero attached hydrogens (tertiary/aromatic N) is 4. The number of benzene rings is 2. The van der Waals surface area contributed by atoms with Crippen molar-refractivity contribution in [2.45, 2.75) is 51.4 Å². The van der Waals surface area contributed by atoms with Crippen LogP contribution in [0.5, 0.6) is 11.5 Å². The van der Waals surface area contributed by atoms with Crippen LogP contribution in [-0.4, -0.2) is 109 Å². The van der Waals surface area contributed by atoms with Crippen molar-refractivity contribution in [1.29, 1.82) is 0 Å². The standard InChI is InChI=1S/C38H54N8O5/c39-25-27-1-5-29(6-2-27)35(47)43-17-21-45(22-18-43)37(49)41-31-9-13-33(14-10-31)51-34-15-11-32(12-16-34)42-38(50)46-23-19-44(20-24-46)36(48)30-7-3-28(26-40)4-8-30/h9-16,27-30H,1-8,17-26,39-40H2,(H,41,49)(H,42,50). The molecular weight excluding hydrogens is 648 g/mol. The maximum atomic E-state index is 13.0. The Balaban J connectivity index is 0.891. The summed E-state index contributed by atoms with van der Waals surface area (Å²) in [4.78, 5) is 59.2. The summed E-state index contributed by atoms with van der Waals surface area (Å²) in [5, 5.41) is 5.90. The zero-order valence-electron chi connectivity index (χ0n) is 29.6. The second-order valence-corrected chi connectivity index (χ2v) is 14.5. The van der Waals surface area contributed by atoms with Crippen molar-refractivity contribution in [3.63, 3.8) is 0 Å². The van der Waals surface area contributed by atoms with E-state index in [2.05, 4.69) is 10.6 Å². The second-order valence-electron chi connectivity index (χ2n) is 14.5. The number of anilines is 2. The molecule has 0 unspecified atom stereocenters. The highest BCUT2D eigenvalue weighted by molar-refractivity contribution is 5.90. The fourth-order valence-corrected chi connectivity index (χ4v) is 7.82. The molecule has 0 bridgehead atoms. The smallest absolute Gasteiger partial charge is 0.321 e. The summed E-state index contributed by atoms with van der Waals surface area (Å²) in [6, 6.07) is 13.9. The van der Waals surface area contributed by atoms with Crippen LogP contribution < -0.4 is 26.8 Å². The molecule has 6 rings (SSSR count). The van der Waals surface area contributed by atoms with Crippen molar-refractivity contribution < 1.29 is 23.9 Å². The van der Waals surface area contributed by atoms with Crippen LogP contribution in [-0.2, 0) is 9.59 Å². The minimum Gasteiger partial charge on any atom is -0.457 e. The van der Waals surface area contributed by atoms with Crippen molar-refractivity contribution >= 4 is 35.3 Å². The molecule has 51 heavy (non-hydrogen) atoms. The molecule has 4 fully saturated rings. The van der Waals surface area contributed by atoms with Gasteiger partial charge >= 0.3 is 12.1 Å². The molecule has 2 aromatic rings. The number of urea groups is 2. The normalized spacial score (nSPS) is 24.1. The number of ether oxygens (including phenoxy) is 1. The molecule has 2 saturated carbocycles. The number of hydrogen-bond acceptors (Lipinski definition) is 7. The first-order valence-corrected chi connectivity index (χ1v) is 18.8. The first-order chi connectivity index (χ1) is 24.8. The molecule has 6 amide bonds. The lowest BCUT2D eigenvalue weighted by atomic mass is 9.81. The SMILES string of the molecule is NCC1CCC(C(=O)N2CCN(C(=O)Nc3ccc(Oc4ccc(NC(=O)N5CCN(C(=O)C6CCC(CN)CC6)CC5)cc4)cc3)CC2)CC1. The van der Waals surface area contributed by atoms with Gasteiger partial charge < -0.3 is 46.4 Å². The van der Waals surface area contributed by atoms with Crippen molar-refractivity contribution in [1.82, 2.24) is 19.6 Å². The summed E-state index contributed by atoms with van der Waals surface area (Å²) in [5.41, 5.74) is 12.9. The van der Waals surface area contributed by atoms with Gasteiger partial charge in [-0.2, -0.15) is 0 Å². The highest BCUT2D eigenvalue weighted by atomic mass is 16.5. The Kier molecular flexibility index (Phi) is 12.3. The lowest BCUT2D eigenvalue weighted by Crippen LogP contribution is -2.53. The van der Waals surface area contributed by atoms with Gasteiger partial charge in [0.1, 0.15) is 11.5 Å². The minimum absolute atomic E-state index is 0.0845. The van der Waals surface area contributed by atoms with Gasteiger partial charge in [0.15, 0.2) is 0 Å². The molecule has 0 spiro atoms. The van der Waals surface area contributed by atoms with E-state index in [0.717, 1.165) is 51.4 Å². The fraction of sp³-hybridized carbons (Fsp3) is 0.579. The van der Waals surface area contributed by atoms with E-state index in [-0.39, 0.29) is 35.7 Å². The van der Waals surface area contributed by atoms with Crippen LogP contribution in [0.1, 0.15) is 51.4 Å². The summed E-state index contributed by atoms with van der Waals surface area (Å²) < 4.78 is 5.99. The number of piperazine rings is 2. The van der Waals surface area contributed by atoms with Crippen LogP contribution in [0.15, 0.2) is 48.5 Å². The highest BCUT2D eigenvalue weighted by Crippen LogP contribution is 2.31. The zero-order chi connectivity index (χ0) is 35.7. The predicted octanol–water partition coefficient (Wildman–Crippen LogP) is 4.36. The van der Waals surface area contributed by atoms with E-state index in [1.807, 2.05) is 9.80 Å². The minimum atomic E-state index is -0.187. The Morgan fingerprint density at radius 3 is 1.14 bits per heavy atom. The first-order valence-electron chi connectivity index (χ1n) is 18.8. The summed E-state index contributed by atoms with van der Waals surface area (Å²) in [6.07, 6.45) is 7.72. The third-order valence-corrected chi connectivity index (χ3v) is 11.3. The fourth-order valence-electron chi connectivity index (χ4n) is 7.82. The number of carbonyl (C=O) groups is 4. The third-order valence-electron chi connectivity index (χ3n) is 11.3. The summed E-state index contributed by atoms with van der Waals surface area (Å²) >= 11 is 0. The van der Waals surface area contributed by atoms with Gasteiger partial charge in [0.2, 0.25) is 11.8 Å². The molecule has 4 aliphatic rings. The zero-order valence-corrected chi connectivity index (χ0v) is 29.6. The molecule has 6 N–H and O–H groups in total. The van der Waals surface area contributed by atoms with Gasteiger partial charge in [0.25, 0.3) is 0 Å². The van der Waals surface area contributed by atoms with Gasteiger partial charge in [-0.05, 0) is 125 Å². The van der Waals surface area contributed by atoms with E-state index in [4.69, 9.17) is 16.2 Å². The number of amides is 6. The number of carbonyl (C=O) groups excluding carboxylic acids is 4. The molecule has 0 radical (unpaired) electrons.